The molecule has 94 valence electrons. The monoisotopic (exact) mass is 281 g/mol. The summed E-state index contributed by atoms with van der Waals surface area (Å²) in [7, 11) is 0. The average molecular weight is 282 g/mol. The summed E-state index contributed by atoms with van der Waals surface area (Å²) in [6.45, 7) is 2.22. The third-order valence-electron chi connectivity index (χ3n) is 3.33. The first-order valence-corrected chi connectivity index (χ1v) is 6.87. The van der Waals surface area contributed by atoms with Crippen molar-refractivity contribution in [1.82, 2.24) is 9.97 Å². The number of rotatable bonds is 1. The van der Waals surface area contributed by atoms with E-state index in [9.17, 15) is 0 Å². The van der Waals surface area contributed by atoms with Crippen LogP contribution in [0.5, 0.6) is 0 Å². The molecule has 5 heteroatoms. The van der Waals surface area contributed by atoms with E-state index in [1.54, 1.807) is 0 Å². The van der Waals surface area contributed by atoms with Gasteiger partial charge < -0.3 is 4.90 Å². The second-order valence-corrected chi connectivity index (χ2v) is 5.23. The van der Waals surface area contributed by atoms with Gasteiger partial charge in [0.25, 0.3) is 0 Å². The van der Waals surface area contributed by atoms with Gasteiger partial charge in [0.1, 0.15) is 5.15 Å². The Balaban J connectivity index is 2.04. The summed E-state index contributed by atoms with van der Waals surface area (Å²) in [6.07, 6.45) is 3.83. The lowest BCUT2D eigenvalue weighted by molar-refractivity contribution is 0.578. The Labute approximate surface area is 116 Å². The second-order valence-electron chi connectivity index (χ2n) is 4.53. The Morgan fingerprint density at radius 2 is 1.78 bits per heavy atom. The van der Waals surface area contributed by atoms with E-state index in [4.69, 9.17) is 23.2 Å². The zero-order chi connectivity index (χ0) is 12.5. The molecule has 0 bridgehead atoms. The van der Waals surface area contributed by atoms with Gasteiger partial charge >= 0.3 is 0 Å². The number of hydrogen-bond donors (Lipinski definition) is 0. The summed E-state index contributed by atoms with van der Waals surface area (Å²) < 4.78 is 0. The van der Waals surface area contributed by atoms with Crippen molar-refractivity contribution in [2.45, 2.75) is 19.3 Å². The summed E-state index contributed by atoms with van der Waals surface area (Å²) in [5.41, 5.74) is 1.98. The largest absolute Gasteiger partial charge is 0.372 e. The van der Waals surface area contributed by atoms with Gasteiger partial charge in [-0.1, -0.05) is 11.6 Å². The molecule has 3 rings (SSSR count). The molecule has 0 amide bonds. The summed E-state index contributed by atoms with van der Waals surface area (Å²) >= 11 is 11.9. The summed E-state index contributed by atoms with van der Waals surface area (Å²) in [5.74, 6) is 0. The van der Waals surface area contributed by atoms with Crippen LogP contribution in [-0.4, -0.2) is 23.1 Å². The van der Waals surface area contributed by atoms with E-state index in [-0.39, 0.29) is 5.28 Å². The van der Waals surface area contributed by atoms with Crippen LogP contribution in [-0.2, 0) is 0 Å². The van der Waals surface area contributed by atoms with Gasteiger partial charge in [-0.2, -0.15) is 0 Å². The first-order chi connectivity index (χ1) is 8.74. The molecule has 1 fully saturated rings. The summed E-state index contributed by atoms with van der Waals surface area (Å²) in [5, 5.41) is 1.48. The van der Waals surface area contributed by atoms with Gasteiger partial charge in [-0.05, 0) is 49.1 Å². The molecule has 0 aliphatic carbocycles. The molecule has 1 aromatic heterocycles. The van der Waals surface area contributed by atoms with E-state index in [0.29, 0.717) is 5.15 Å². The van der Waals surface area contributed by atoms with Gasteiger partial charge in [-0.25, -0.2) is 9.97 Å². The van der Waals surface area contributed by atoms with Crippen LogP contribution in [0.2, 0.25) is 10.4 Å². The minimum Gasteiger partial charge on any atom is -0.372 e. The average Bonchev–Trinajstić information content (AvgIpc) is 2.39. The highest BCUT2D eigenvalue weighted by Crippen LogP contribution is 2.28. The number of hydrogen-bond acceptors (Lipinski definition) is 3. The third kappa shape index (κ3) is 2.25. The zero-order valence-corrected chi connectivity index (χ0v) is 11.4. The van der Waals surface area contributed by atoms with Crippen molar-refractivity contribution in [1.29, 1.82) is 0 Å². The molecule has 18 heavy (non-hydrogen) atoms. The van der Waals surface area contributed by atoms with E-state index in [2.05, 4.69) is 27.0 Å². The first kappa shape index (κ1) is 12.0. The maximum absolute atomic E-state index is 6.12. The fourth-order valence-corrected chi connectivity index (χ4v) is 2.85. The van der Waals surface area contributed by atoms with Gasteiger partial charge in [-0.3, -0.25) is 0 Å². The predicted octanol–water partition coefficient (Wildman–Crippen LogP) is 3.93. The molecule has 0 radical (unpaired) electrons. The lowest BCUT2D eigenvalue weighted by Crippen LogP contribution is -2.29. The molecule has 0 unspecified atom stereocenters. The van der Waals surface area contributed by atoms with Gasteiger partial charge in [0.05, 0.1) is 5.52 Å². The van der Waals surface area contributed by atoms with Crippen LogP contribution in [0, 0.1) is 0 Å². The topological polar surface area (TPSA) is 29.0 Å². The molecule has 0 atom stereocenters. The van der Waals surface area contributed by atoms with Gasteiger partial charge in [0.2, 0.25) is 5.28 Å². The van der Waals surface area contributed by atoms with Crippen molar-refractivity contribution >= 4 is 39.8 Å². The van der Waals surface area contributed by atoms with E-state index in [1.165, 1.54) is 24.9 Å². The SMILES string of the molecule is Clc1nc(Cl)c2cc(N3CCCCC3)ccc2n1. The van der Waals surface area contributed by atoms with Crippen LogP contribution in [0.15, 0.2) is 18.2 Å². The van der Waals surface area contributed by atoms with Crippen molar-refractivity contribution < 1.29 is 0 Å². The molecule has 1 aromatic carbocycles. The Morgan fingerprint density at radius 1 is 1.00 bits per heavy atom. The molecular weight excluding hydrogens is 269 g/mol. The Bertz CT molecular complexity index is 580. The van der Waals surface area contributed by atoms with Crippen molar-refractivity contribution in [3.8, 4) is 0 Å². The minimum atomic E-state index is 0.193. The molecule has 2 aromatic rings. The predicted molar refractivity (Wildman–Crippen MR) is 75.6 cm³/mol. The summed E-state index contributed by atoms with van der Waals surface area (Å²) in [4.78, 5) is 10.5. The van der Waals surface area contributed by atoms with E-state index in [1.807, 2.05) is 6.07 Å². The van der Waals surface area contributed by atoms with Gasteiger partial charge in [0, 0.05) is 24.2 Å². The number of benzene rings is 1. The standard InChI is InChI=1S/C13H13Cl2N3/c14-12-10-8-9(18-6-2-1-3-7-18)4-5-11(10)16-13(15)17-12/h4-5,8H,1-3,6-7H2. The van der Waals surface area contributed by atoms with Crippen LogP contribution in [0.3, 0.4) is 0 Å². The highest BCUT2D eigenvalue weighted by molar-refractivity contribution is 6.35. The number of aromatic nitrogens is 2. The molecule has 0 N–H and O–H groups in total. The third-order valence-corrected chi connectivity index (χ3v) is 3.78. The number of anilines is 1. The molecule has 1 aliphatic heterocycles. The second kappa shape index (κ2) is 4.90. The molecule has 0 spiro atoms. The first-order valence-electron chi connectivity index (χ1n) is 6.12. The fraction of sp³-hybridized carbons (Fsp3) is 0.385. The Kier molecular flexibility index (Phi) is 3.27. The lowest BCUT2D eigenvalue weighted by atomic mass is 10.1. The Hall–Kier alpha value is -1.06. The van der Waals surface area contributed by atoms with Crippen molar-refractivity contribution in [2.24, 2.45) is 0 Å². The molecule has 2 heterocycles. The van der Waals surface area contributed by atoms with Crippen molar-refractivity contribution in [2.75, 3.05) is 18.0 Å². The smallest absolute Gasteiger partial charge is 0.224 e. The number of piperidine rings is 1. The van der Waals surface area contributed by atoms with Crippen LogP contribution >= 0.6 is 23.2 Å². The van der Waals surface area contributed by atoms with E-state index < -0.39 is 0 Å². The highest BCUT2D eigenvalue weighted by atomic mass is 35.5. The molecule has 0 saturated carbocycles. The number of halogens is 2. The van der Waals surface area contributed by atoms with Gasteiger partial charge in [-0.15, -0.1) is 0 Å². The number of nitrogens with zero attached hydrogens (tertiary/aromatic N) is 3. The normalized spacial score (nSPS) is 16.2. The highest BCUT2D eigenvalue weighted by Gasteiger charge is 2.13. The maximum Gasteiger partial charge on any atom is 0.224 e. The minimum absolute atomic E-state index is 0.193. The van der Waals surface area contributed by atoms with Gasteiger partial charge in [0.15, 0.2) is 0 Å². The maximum atomic E-state index is 6.12. The zero-order valence-electron chi connectivity index (χ0n) is 9.87. The number of fused-ring (bicyclic) bond motifs is 1. The molecule has 1 saturated heterocycles. The van der Waals surface area contributed by atoms with Crippen LogP contribution < -0.4 is 4.90 Å². The summed E-state index contributed by atoms with van der Waals surface area (Å²) in [6, 6.07) is 6.09. The van der Waals surface area contributed by atoms with Crippen LogP contribution in [0.25, 0.3) is 10.9 Å². The van der Waals surface area contributed by atoms with Crippen LogP contribution in [0.4, 0.5) is 5.69 Å². The van der Waals surface area contributed by atoms with Crippen molar-refractivity contribution in [3.63, 3.8) is 0 Å². The lowest BCUT2D eigenvalue weighted by Gasteiger charge is -2.29. The van der Waals surface area contributed by atoms with E-state index >= 15 is 0 Å². The van der Waals surface area contributed by atoms with Crippen molar-refractivity contribution in [3.05, 3.63) is 28.6 Å². The Morgan fingerprint density at radius 3 is 2.56 bits per heavy atom. The molecule has 3 nitrogen and oxygen atoms in total. The fourth-order valence-electron chi connectivity index (χ4n) is 2.40. The van der Waals surface area contributed by atoms with Crippen LogP contribution in [0.1, 0.15) is 19.3 Å². The molecule has 1 aliphatic rings. The quantitative estimate of drug-likeness (QED) is 0.586. The molecular formula is C13H13Cl2N3. The van der Waals surface area contributed by atoms with E-state index in [0.717, 1.165) is 24.0 Å².